The predicted octanol–water partition coefficient (Wildman–Crippen LogP) is 2.66. The van der Waals surface area contributed by atoms with E-state index in [1.165, 1.54) is 0 Å². The van der Waals surface area contributed by atoms with Crippen molar-refractivity contribution in [2.75, 3.05) is 27.7 Å². The van der Waals surface area contributed by atoms with E-state index in [0.717, 1.165) is 22.4 Å². The molecule has 0 saturated heterocycles. The van der Waals surface area contributed by atoms with Gasteiger partial charge in [-0.15, -0.1) is 5.10 Å². The Morgan fingerprint density at radius 3 is 2.41 bits per heavy atom. The first-order valence-corrected chi connectivity index (χ1v) is 13.1. The topological polar surface area (TPSA) is 165 Å². The quantitative estimate of drug-likeness (QED) is 0.154. The van der Waals surface area contributed by atoms with Crippen LogP contribution in [0.2, 0.25) is 0 Å². The van der Waals surface area contributed by atoms with Crippen LogP contribution in [-0.2, 0) is 6.42 Å². The number of hydrogen-bond acceptors (Lipinski definition) is 7. The third-order valence-corrected chi connectivity index (χ3v) is 6.61. The minimum atomic E-state index is -0.664. The Morgan fingerprint density at radius 1 is 1.07 bits per heavy atom. The molecular weight excluding hydrogens is 522 g/mol. The number of nitrogen functional groups attached to an aromatic ring is 1. The van der Waals surface area contributed by atoms with E-state index < -0.39 is 17.5 Å². The number of carbonyl (C=O) groups excluding carboxylic acids is 1. The van der Waals surface area contributed by atoms with E-state index in [9.17, 15) is 9.59 Å². The second-order valence-corrected chi connectivity index (χ2v) is 10.1. The van der Waals surface area contributed by atoms with E-state index in [1.807, 2.05) is 56.3 Å². The number of aromatic amines is 1. The first-order valence-electron chi connectivity index (χ1n) is 13.1. The van der Waals surface area contributed by atoms with E-state index in [-0.39, 0.29) is 23.2 Å². The van der Waals surface area contributed by atoms with E-state index >= 15 is 0 Å². The fourth-order valence-corrected chi connectivity index (χ4v) is 4.72. The lowest BCUT2D eigenvalue weighted by molar-refractivity contribution is 0.1000. The number of H-pyrrole nitrogens is 1. The molecule has 41 heavy (non-hydrogen) atoms. The monoisotopic (exact) mass is 557 g/mol. The van der Waals surface area contributed by atoms with Crippen molar-refractivity contribution in [1.29, 1.82) is 5.41 Å². The lowest BCUT2D eigenvalue weighted by Crippen LogP contribution is -2.28. The average Bonchev–Trinajstić information content (AvgIpc) is 3.32. The number of likely N-dealkylation sites (N-methyl/N-ethyl adjacent to an activating group) is 1. The number of methoxy groups -OCH3 is 1. The van der Waals surface area contributed by atoms with Crippen molar-refractivity contribution in [2.24, 2.45) is 11.5 Å². The number of nitrogens with one attached hydrogen (secondary N) is 2. The van der Waals surface area contributed by atoms with Crippen molar-refractivity contribution in [2.45, 2.75) is 25.4 Å². The zero-order valence-corrected chi connectivity index (χ0v) is 23.5. The Kier molecular flexibility index (Phi) is 8.88. The summed E-state index contributed by atoms with van der Waals surface area (Å²) in [5.74, 6) is 0.447. The molecule has 214 valence electrons. The number of aromatic nitrogens is 3. The maximum atomic E-state index is 13.1. The molecular formula is C30H35N7O4. The Balaban J connectivity index is 1.78. The van der Waals surface area contributed by atoms with Gasteiger partial charge in [0.2, 0.25) is 0 Å². The molecule has 11 heteroatoms. The summed E-state index contributed by atoms with van der Waals surface area (Å²) < 4.78 is 13.0. The molecule has 0 bridgehead atoms. The largest absolute Gasteiger partial charge is 0.493 e. The van der Waals surface area contributed by atoms with Gasteiger partial charge in [-0.25, -0.2) is 4.79 Å². The van der Waals surface area contributed by atoms with Crippen LogP contribution < -0.4 is 26.6 Å². The van der Waals surface area contributed by atoms with Gasteiger partial charge in [-0.2, -0.15) is 4.68 Å². The van der Waals surface area contributed by atoms with Gasteiger partial charge in [-0.05, 0) is 62.8 Å². The normalized spacial score (nSPS) is 12.6. The highest BCUT2D eigenvalue weighted by Gasteiger charge is 2.24. The summed E-state index contributed by atoms with van der Waals surface area (Å²) in [4.78, 5) is 30.1. The number of rotatable bonds is 12. The van der Waals surface area contributed by atoms with Crippen molar-refractivity contribution in [1.82, 2.24) is 19.7 Å². The molecule has 0 saturated carbocycles. The standard InChI is InChI=1S/C30H35N7O4/c1-18(17-36(2)3)41-25-14-13-21(16-26(25)40-4)23(15-19-9-11-20(12-10-19)27(31)32)29-34-30(39)37(35-29)24-8-6-5-7-22(24)28(33)38/h5-14,16,18,23H,15,17H2,1-4H3,(H3,31,32)(H2,33,38)(H,34,35,39). The highest BCUT2D eigenvalue weighted by atomic mass is 16.5. The number of amidine groups is 1. The van der Waals surface area contributed by atoms with Crippen LogP contribution in [0.5, 0.6) is 11.5 Å². The third kappa shape index (κ3) is 6.82. The van der Waals surface area contributed by atoms with E-state index in [4.69, 9.17) is 26.4 Å². The van der Waals surface area contributed by atoms with Crippen LogP contribution in [0.25, 0.3) is 5.69 Å². The van der Waals surface area contributed by atoms with Gasteiger partial charge in [0.25, 0.3) is 5.91 Å². The molecule has 6 N–H and O–H groups in total. The van der Waals surface area contributed by atoms with E-state index in [1.54, 1.807) is 43.5 Å². The van der Waals surface area contributed by atoms with Crippen LogP contribution >= 0.6 is 0 Å². The Labute approximate surface area is 238 Å². The molecule has 0 radical (unpaired) electrons. The van der Waals surface area contributed by atoms with Gasteiger partial charge in [0.05, 0.1) is 18.4 Å². The molecule has 2 atom stereocenters. The van der Waals surface area contributed by atoms with Gasteiger partial charge in [0.15, 0.2) is 11.5 Å². The van der Waals surface area contributed by atoms with Crippen molar-refractivity contribution in [3.8, 4) is 17.2 Å². The summed E-state index contributed by atoms with van der Waals surface area (Å²) in [6.45, 7) is 2.72. The summed E-state index contributed by atoms with van der Waals surface area (Å²) in [6.07, 6.45) is 0.390. The van der Waals surface area contributed by atoms with Crippen molar-refractivity contribution < 1.29 is 14.3 Å². The maximum Gasteiger partial charge on any atom is 0.348 e. The molecule has 1 aromatic heterocycles. The lowest BCUT2D eigenvalue weighted by Gasteiger charge is -2.22. The summed E-state index contributed by atoms with van der Waals surface area (Å²) in [7, 11) is 5.54. The lowest BCUT2D eigenvalue weighted by atomic mass is 9.90. The molecule has 4 rings (SSSR count). The second-order valence-electron chi connectivity index (χ2n) is 10.1. The fraction of sp³-hybridized carbons (Fsp3) is 0.267. The first-order chi connectivity index (χ1) is 19.6. The molecule has 0 aliphatic heterocycles. The van der Waals surface area contributed by atoms with Gasteiger partial charge < -0.3 is 25.8 Å². The molecule has 1 heterocycles. The number of nitrogens with two attached hydrogens (primary N) is 2. The summed E-state index contributed by atoms with van der Waals surface area (Å²) >= 11 is 0. The zero-order chi connectivity index (χ0) is 29.7. The van der Waals surface area contributed by atoms with Gasteiger partial charge >= 0.3 is 5.69 Å². The van der Waals surface area contributed by atoms with Crippen molar-refractivity contribution in [3.63, 3.8) is 0 Å². The number of benzene rings is 3. The molecule has 0 aliphatic rings. The Bertz CT molecular complexity index is 1590. The van der Waals surface area contributed by atoms with Gasteiger partial charge in [-0.1, -0.05) is 42.5 Å². The van der Waals surface area contributed by atoms with Crippen LogP contribution in [0.4, 0.5) is 0 Å². The van der Waals surface area contributed by atoms with Gasteiger partial charge in [0, 0.05) is 18.0 Å². The van der Waals surface area contributed by atoms with E-state index in [2.05, 4.69) is 10.1 Å². The molecule has 11 nitrogen and oxygen atoms in total. The molecule has 1 amide bonds. The molecule has 0 fully saturated rings. The molecule has 0 spiro atoms. The van der Waals surface area contributed by atoms with Crippen molar-refractivity contribution >= 4 is 11.7 Å². The van der Waals surface area contributed by atoms with Gasteiger partial charge in [0.1, 0.15) is 17.8 Å². The SMILES string of the molecule is COc1cc(C(Cc2ccc(C(=N)N)cc2)c2nn(-c3ccccc3C(N)=O)c(=O)[nH]2)ccc1OC(C)CN(C)C. The number of nitrogens with zero attached hydrogens (tertiary/aromatic N) is 3. The third-order valence-electron chi connectivity index (χ3n) is 6.61. The summed E-state index contributed by atoms with van der Waals surface area (Å²) in [5.41, 5.74) is 13.5. The Morgan fingerprint density at radius 2 is 1.78 bits per heavy atom. The van der Waals surface area contributed by atoms with Crippen molar-refractivity contribution in [3.05, 3.63) is 105 Å². The number of para-hydroxylation sites is 1. The highest BCUT2D eigenvalue weighted by molar-refractivity contribution is 5.96. The highest BCUT2D eigenvalue weighted by Crippen LogP contribution is 2.35. The van der Waals surface area contributed by atoms with E-state index in [0.29, 0.717) is 29.3 Å². The minimum Gasteiger partial charge on any atom is -0.493 e. The number of amides is 1. The van der Waals surface area contributed by atoms with Crippen LogP contribution in [0.15, 0.2) is 71.5 Å². The van der Waals surface area contributed by atoms with Gasteiger partial charge in [-0.3, -0.25) is 15.2 Å². The van der Waals surface area contributed by atoms with Crippen LogP contribution in [-0.4, -0.2) is 65.3 Å². The Hall–Kier alpha value is -4.90. The zero-order valence-electron chi connectivity index (χ0n) is 23.5. The smallest absolute Gasteiger partial charge is 0.348 e. The predicted molar refractivity (Wildman–Crippen MR) is 157 cm³/mol. The minimum absolute atomic E-state index is 0.0203. The number of primary amides is 1. The maximum absolute atomic E-state index is 13.1. The summed E-state index contributed by atoms with van der Waals surface area (Å²) in [5, 5.41) is 12.3. The average molecular weight is 558 g/mol. The molecule has 2 unspecified atom stereocenters. The number of carbonyl (C=O) groups is 1. The molecule has 4 aromatic rings. The molecule has 3 aromatic carbocycles. The van der Waals surface area contributed by atoms with Crippen LogP contribution in [0.3, 0.4) is 0 Å². The first kappa shape index (κ1) is 29.1. The molecule has 0 aliphatic carbocycles. The summed E-state index contributed by atoms with van der Waals surface area (Å²) in [6, 6.07) is 19.5. The second kappa shape index (κ2) is 12.5. The number of hydrogen-bond donors (Lipinski definition) is 4. The van der Waals surface area contributed by atoms with Crippen LogP contribution in [0.1, 0.15) is 45.7 Å². The fourth-order valence-electron chi connectivity index (χ4n) is 4.72. The van der Waals surface area contributed by atoms with Crippen LogP contribution in [0, 0.1) is 5.41 Å². The number of ether oxygens (including phenoxy) is 2.